The lowest BCUT2D eigenvalue weighted by molar-refractivity contribution is 0.191. The SMILES string of the molecule is CCNc1ncc(CN2CCn3nc([C@H](O)CS(C)(=O)=O)cc3C2)cn1. The second kappa shape index (κ2) is 7.68. The zero-order chi connectivity index (χ0) is 18.7. The Kier molecular flexibility index (Phi) is 5.54. The van der Waals surface area contributed by atoms with Gasteiger partial charge in [-0.05, 0) is 13.0 Å². The number of sulfone groups is 1. The highest BCUT2D eigenvalue weighted by molar-refractivity contribution is 7.90. The van der Waals surface area contributed by atoms with Gasteiger partial charge < -0.3 is 10.4 Å². The fourth-order valence-electron chi connectivity index (χ4n) is 2.96. The Bertz CT molecular complexity index is 849. The van der Waals surface area contributed by atoms with E-state index in [1.54, 1.807) is 6.07 Å². The summed E-state index contributed by atoms with van der Waals surface area (Å²) in [5.74, 6) is 0.306. The van der Waals surface area contributed by atoms with Crippen molar-refractivity contribution in [2.24, 2.45) is 0 Å². The number of hydrogen-bond donors (Lipinski definition) is 2. The summed E-state index contributed by atoms with van der Waals surface area (Å²) in [7, 11) is -3.26. The highest BCUT2D eigenvalue weighted by Crippen LogP contribution is 2.20. The molecule has 0 fully saturated rings. The van der Waals surface area contributed by atoms with Crippen molar-refractivity contribution in [3.63, 3.8) is 0 Å². The Balaban J connectivity index is 1.64. The van der Waals surface area contributed by atoms with Crippen molar-refractivity contribution < 1.29 is 13.5 Å². The van der Waals surface area contributed by atoms with Gasteiger partial charge in [0, 0.05) is 50.4 Å². The minimum Gasteiger partial charge on any atom is -0.386 e. The van der Waals surface area contributed by atoms with Crippen molar-refractivity contribution in [2.45, 2.75) is 32.7 Å². The van der Waals surface area contributed by atoms with Crippen molar-refractivity contribution in [3.8, 4) is 0 Å². The molecule has 0 unspecified atom stereocenters. The summed E-state index contributed by atoms with van der Waals surface area (Å²) in [6.07, 6.45) is 3.65. The standard InChI is InChI=1S/C16H24N6O3S/c1-3-17-16-18-7-12(8-19-16)9-21-4-5-22-13(10-21)6-14(20-22)15(23)11-26(2,24)25/h6-8,15,23H,3-5,9-11H2,1-2H3,(H,17,18,19)/t15-/m1/s1. The molecule has 3 heterocycles. The summed E-state index contributed by atoms with van der Waals surface area (Å²) in [4.78, 5) is 10.8. The Morgan fingerprint density at radius 3 is 2.69 bits per heavy atom. The summed E-state index contributed by atoms with van der Waals surface area (Å²) < 4.78 is 24.6. The molecular formula is C16H24N6O3S. The Hall–Kier alpha value is -2.04. The van der Waals surface area contributed by atoms with Crippen molar-refractivity contribution >= 4 is 15.8 Å². The summed E-state index contributed by atoms with van der Waals surface area (Å²) in [5, 5.41) is 17.5. The number of fused-ring (bicyclic) bond motifs is 1. The van der Waals surface area contributed by atoms with Gasteiger partial charge >= 0.3 is 0 Å². The van der Waals surface area contributed by atoms with Gasteiger partial charge in [0.25, 0.3) is 0 Å². The average molecular weight is 380 g/mol. The second-order valence-corrected chi connectivity index (χ2v) is 8.73. The predicted octanol–water partition coefficient (Wildman–Crippen LogP) is 0.199. The molecule has 0 spiro atoms. The number of nitrogens with one attached hydrogen (secondary N) is 1. The van der Waals surface area contributed by atoms with Gasteiger partial charge in [0.15, 0.2) is 0 Å². The Morgan fingerprint density at radius 1 is 1.31 bits per heavy atom. The molecule has 2 N–H and O–H groups in total. The number of aromatic nitrogens is 4. The number of hydrogen-bond acceptors (Lipinski definition) is 8. The molecule has 2 aromatic rings. The molecule has 0 bridgehead atoms. The third-order valence-corrected chi connectivity index (χ3v) is 5.07. The maximum atomic E-state index is 11.4. The van der Waals surface area contributed by atoms with Crippen LogP contribution < -0.4 is 5.32 Å². The number of nitrogens with zero attached hydrogens (tertiary/aromatic N) is 5. The number of aliphatic hydroxyl groups is 1. The third kappa shape index (κ3) is 4.77. The molecule has 0 aliphatic carbocycles. The molecule has 0 saturated carbocycles. The smallest absolute Gasteiger partial charge is 0.222 e. The van der Waals surface area contributed by atoms with Gasteiger partial charge in [-0.1, -0.05) is 0 Å². The van der Waals surface area contributed by atoms with E-state index in [9.17, 15) is 13.5 Å². The van der Waals surface area contributed by atoms with Crippen LogP contribution in [0.25, 0.3) is 0 Å². The monoisotopic (exact) mass is 380 g/mol. The lowest BCUT2D eigenvalue weighted by Crippen LogP contribution is -2.33. The molecule has 10 heteroatoms. The number of rotatable bonds is 7. The lowest BCUT2D eigenvalue weighted by Gasteiger charge is -2.27. The number of aliphatic hydroxyl groups excluding tert-OH is 1. The first-order valence-electron chi connectivity index (χ1n) is 8.53. The van der Waals surface area contributed by atoms with E-state index in [-0.39, 0.29) is 5.75 Å². The third-order valence-electron chi connectivity index (χ3n) is 4.14. The van der Waals surface area contributed by atoms with Crippen LogP contribution >= 0.6 is 0 Å². The first-order valence-corrected chi connectivity index (χ1v) is 10.6. The molecule has 2 aromatic heterocycles. The summed E-state index contributed by atoms with van der Waals surface area (Å²) in [6, 6.07) is 1.78. The molecule has 0 saturated heterocycles. The van der Waals surface area contributed by atoms with Gasteiger partial charge in [0.1, 0.15) is 15.9 Å². The van der Waals surface area contributed by atoms with E-state index in [2.05, 4.69) is 25.3 Å². The molecule has 142 valence electrons. The minimum absolute atomic E-state index is 0.317. The highest BCUT2D eigenvalue weighted by Gasteiger charge is 2.23. The van der Waals surface area contributed by atoms with Crippen molar-refractivity contribution in [1.82, 2.24) is 24.6 Å². The van der Waals surface area contributed by atoms with Gasteiger partial charge in [-0.2, -0.15) is 5.10 Å². The van der Waals surface area contributed by atoms with Crippen LogP contribution in [0.15, 0.2) is 18.5 Å². The Labute approximate surface area is 153 Å². The van der Waals surface area contributed by atoms with Crippen LogP contribution in [0, 0.1) is 0 Å². The van der Waals surface area contributed by atoms with E-state index in [1.165, 1.54) is 0 Å². The second-order valence-electron chi connectivity index (χ2n) is 6.55. The van der Waals surface area contributed by atoms with Gasteiger partial charge in [-0.3, -0.25) is 9.58 Å². The molecule has 1 aliphatic rings. The zero-order valence-corrected chi connectivity index (χ0v) is 15.8. The van der Waals surface area contributed by atoms with Gasteiger partial charge in [0.2, 0.25) is 5.95 Å². The first kappa shape index (κ1) is 18.7. The fraction of sp³-hybridized carbons (Fsp3) is 0.562. The zero-order valence-electron chi connectivity index (χ0n) is 15.0. The quantitative estimate of drug-likeness (QED) is 0.700. The van der Waals surface area contributed by atoms with E-state index in [0.29, 0.717) is 24.7 Å². The van der Waals surface area contributed by atoms with Gasteiger partial charge in [0.05, 0.1) is 23.7 Å². The normalized spacial score (nSPS) is 16.3. The van der Waals surface area contributed by atoms with E-state index < -0.39 is 15.9 Å². The molecule has 0 amide bonds. The van der Waals surface area contributed by atoms with Crippen molar-refractivity contribution in [3.05, 3.63) is 35.4 Å². The maximum Gasteiger partial charge on any atom is 0.222 e. The molecular weight excluding hydrogens is 356 g/mol. The van der Waals surface area contributed by atoms with Gasteiger partial charge in [-0.25, -0.2) is 18.4 Å². The van der Waals surface area contributed by atoms with E-state index >= 15 is 0 Å². The van der Waals surface area contributed by atoms with E-state index in [4.69, 9.17) is 0 Å². The van der Waals surface area contributed by atoms with Gasteiger partial charge in [-0.15, -0.1) is 0 Å². The van der Waals surface area contributed by atoms with Crippen LogP contribution in [-0.2, 0) is 29.5 Å². The lowest BCUT2D eigenvalue weighted by atomic mass is 10.2. The highest BCUT2D eigenvalue weighted by atomic mass is 32.2. The minimum atomic E-state index is -3.26. The molecule has 1 atom stereocenters. The molecule has 9 nitrogen and oxygen atoms in total. The molecule has 3 rings (SSSR count). The maximum absolute atomic E-state index is 11.4. The first-order chi connectivity index (χ1) is 12.3. The molecule has 1 aliphatic heterocycles. The van der Waals surface area contributed by atoms with Crippen LogP contribution in [0.2, 0.25) is 0 Å². The fourth-order valence-corrected chi connectivity index (χ4v) is 3.70. The van der Waals surface area contributed by atoms with Crippen molar-refractivity contribution in [1.29, 1.82) is 0 Å². The van der Waals surface area contributed by atoms with E-state index in [1.807, 2.05) is 24.0 Å². The summed E-state index contributed by atoms with van der Waals surface area (Å²) in [5.41, 5.74) is 2.39. The van der Waals surface area contributed by atoms with Crippen LogP contribution in [0.3, 0.4) is 0 Å². The largest absolute Gasteiger partial charge is 0.386 e. The van der Waals surface area contributed by atoms with Crippen LogP contribution in [0.5, 0.6) is 0 Å². The van der Waals surface area contributed by atoms with Crippen LogP contribution in [-0.4, -0.2) is 63.3 Å². The summed E-state index contributed by atoms with van der Waals surface area (Å²) in [6.45, 7) is 5.67. The van der Waals surface area contributed by atoms with Crippen LogP contribution in [0.1, 0.15) is 30.0 Å². The topological polar surface area (TPSA) is 113 Å². The average Bonchev–Trinajstić information content (AvgIpc) is 2.99. The number of anilines is 1. The Morgan fingerprint density at radius 2 is 2.04 bits per heavy atom. The van der Waals surface area contributed by atoms with E-state index in [0.717, 1.165) is 37.1 Å². The molecule has 0 radical (unpaired) electrons. The van der Waals surface area contributed by atoms with Crippen molar-refractivity contribution in [2.75, 3.05) is 30.4 Å². The predicted molar refractivity (Wildman–Crippen MR) is 97.2 cm³/mol. The molecule has 26 heavy (non-hydrogen) atoms. The molecule has 0 aromatic carbocycles. The summed E-state index contributed by atoms with van der Waals surface area (Å²) >= 11 is 0. The van der Waals surface area contributed by atoms with Crippen LogP contribution in [0.4, 0.5) is 5.95 Å².